The van der Waals surface area contributed by atoms with Gasteiger partial charge in [-0.2, -0.15) is 0 Å². The molecule has 30 heavy (non-hydrogen) atoms. The minimum Gasteiger partial charge on any atom is -0.355 e. The standard InChI is InChI=1S/C23H18N5OP/c1-24-23(29)16-10-19-20(13-28(30)22(19)27-12-16)14-4-5-21-18(9-14)17(6-8-26-21)15-3-2-7-25-11-15/h2-13H,30H2,1H3,(H,24,29). The van der Waals surface area contributed by atoms with Crippen LogP contribution in [-0.2, 0) is 0 Å². The van der Waals surface area contributed by atoms with E-state index in [9.17, 15) is 4.79 Å². The van der Waals surface area contributed by atoms with Crippen LogP contribution in [0.3, 0.4) is 0 Å². The van der Waals surface area contributed by atoms with Gasteiger partial charge in [0.25, 0.3) is 5.91 Å². The van der Waals surface area contributed by atoms with E-state index in [0.717, 1.165) is 44.2 Å². The molecule has 7 heteroatoms. The molecule has 1 N–H and O–H groups in total. The number of nitrogens with zero attached hydrogens (tertiary/aromatic N) is 4. The summed E-state index contributed by atoms with van der Waals surface area (Å²) in [7, 11) is 4.27. The summed E-state index contributed by atoms with van der Waals surface area (Å²) in [5.41, 5.74) is 6.39. The van der Waals surface area contributed by atoms with Crippen LogP contribution >= 0.6 is 9.39 Å². The molecule has 0 spiro atoms. The van der Waals surface area contributed by atoms with E-state index >= 15 is 0 Å². The smallest absolute Gasteiger partial charge is 0.252 e. The third-order valence-corrected chi connectivity index (χ3v) is 5.58. The summed E-state index contributed by atoms with van der Waals surface area (Å²) in [6.07, 6.45) is 9.05. The number of fused-ring (bicyclic) bond motifs is 2. The molecular formula is C23H18N5OP. The van der Waals surface area contributed by atoms with Gasteiger partial charge in [-0.1, -0.05) is 12.1 Å². The van der Waals surface area contributed by atoms with Crippen molar-refractivity contribution in [2.75, 3.05) is 7.05 Å². The van der Waals surface area contributed by atoms with Gasteiger partial charge in [-0.25, -0.2) is 4.98 Å². The summed E-state index contributed by atoms with van der Waals surface area (Å²) in [4.78, 5) is 25.4. The highest BCUT2D eigenvalue weighted by Crippen LogP contribution is 2.35. The number of aromatic nitrogens is 4. The lowest BCUT2D eigenvalue weighted by Gasteiger charge is -2.08. The number of carbonyl (C=O) groups excluding carboxylic acids is 1. The van der Waals surface area contributed by atoms with Crippen molar-refractivity contribution in [1.29, 1.82) is 0 Å². The van der Waals surface area contributed by atoms with E-state index < -0.39 is 0 Å². The van der Waals surface area contributed by atoms with E-state index in [4.69, 9.17) is 0 Å². The molecular weight excluding hydrogens is 393 g/mol. The summed E-state index contributed by atoms with van der Waals surface area (Å²) in [5, 5.41) is 4.62. The average molecular weight is 411 g/mol. The van der Waals surface area contributed by atoms with Crippen molar-refractivity contribution in [2.24, 2.45) is 0 Å². The molecule has 4 aromatic heterocycles. The highest BCUT2D eigenvalue weighted by molar-refractivity contribution is 7.14. The molecule has 0 bridgehead atoms. The van der Waals surface area contributed by atoms with E-state index in [2.05, 4.69) is 35.7 Å². The van der Waals surface area contributed by atoms with Crippen LogP contribution in [0.15, 0.2) is 73.4 Å². The number of hydrogen-bond donors (Lipinski definition) is 1. The van der Waals surface area contributed by atoms with Crippen LogP contribution < -0.4 is 5.32 Å². The van der Waals surface area contributed by atoms with Crippen molar-refractivity contribution in [3.63, 3.8) is 0 Å². The lowest BCUT2D eigenvalue weighted by molar-refractivity contribution is 0.0963. The van der Waals surface area contributed by atoms with E-state index in [1.165, 1.54) is 0 Å². The van der Waals surface area contributed by atoms with Gasteiger partial charge in [0.15, 0.2) is 0 Å². The third kappa shape index (κ3) is 3.02. The Morgan fingerprint density at radius 1 is 0.967 bits per heavy atom. The van der Waals surface area contributed by atoms with Gasteiger partial charge >= 0.3 is 0 Å². The monoisotopic (exact) mass is 411 g/mol. The van der Waals surface area contributed by atoms with Crippen LogP contribution in [0.5, 0.6) is 0 Å². The van der Waals surface area contributed by atoms with Gasteiger partial charge in [0.2, 0.25) is 0 Å². The van der Waals surface area contributed by atoms with Crippen LogP contribution in [0.4, 0.5) is 0 Å². The third-order valence-electron chi connectivity index (χ3n) is 5.18. The van der Waals surface area contributed by atoms with Crippen molar-refractivity contribution in [3.8, 4) is 22.3 Å². The summed E-state index contributed by atoms with van der Waals surface area (Å²) >= 11 is 0. The quantitative estimate of drug-likeness (QED) is 0.449. The zero-order valence-electron chi connectivity index (χ0n) is 16.2. The minimum absolute atomic E-state index is 0.159. The number of nitrogens with one attached hydrogen (secondary N) is 1. The highest BCUT2D eigenvalue weighted by Gasteiger charge is 2.14. The second-order valence-corrected chi connectivity index (χ2v) is 7.51. The SMILES string of the molecule is CNC(=O)c1cnc2c(c1)c(-c1ccc3nccc(-c4cccnc4)c3c1)cn2P. The molecule has 0 aliphatic heterocycles. The van der Waals surface area contributed by atoms with E-state index in [1.807, 2.05) is 59.3 Å². The van der Waals surface area contributed by atoms with Gasteiger partial charge in [-0.3, -0.25) is 14.8 Å². The van der Waals surface area contributed by atoms with E-state index in [1.54, 1.807) is 19.4 Å². The van der Waals surface area contributed by atoms with Gasteiger partial charge in [-0.15, -0.1) is 0 Å². The topological polar surface area (TPSA) is 72.7 Å². The summed E-state index contributed by atoms with van der Waals surface area (Å²) in [5.74, 6) is -0.159. The van der Waals surface area contributed by atoms with Crippen molar-refractivity contribution < 1.29 is 4.79 Å². The molecule has 0 fully saturated rings. The largest absolute Gasteiger partial charge is 0.355 e. The molecule has 0 saturated carbocycles. The predicted octanol–water partition coefficient (Wildman–Crippen LogP) is 4.31. The van der Waals surface area contributed by atoms with E-state index in [-0.39, 0.29) is 5.91 Å². The first-order valence-corrected chi connectivity index (χ1v) is 9.95. The van der Waals surface area contributed by atoms with Gasteiger partial charge in [0.05, 0.1) is 11.1 Å². The first-order valence-electron chi connectivity index (χ1n) is 9.43. The summed E-state index contributed by atoms with van der Waals surface area (Å²) in [6.45, 7) is 0. The number of amides is 1. The molecule has 0 radical (unpaired) electrons. The second-order valence-electron chi connectivity index (χ2n) is 6.96. The zero-order chi connectivity index (χ0) is 20.7. The molecule has 146 valence electrons. The molecule has 0 aliphatic rings. The number of rotatable bonds is 3. The number of hydrogen-bond acceptors (Lipinski definition) is 4. The highest BCUT2D eigenvalue weighted by atomic mass is 31.0. The molecule has 6 nitrogen and oxygen atoms in total. The normalized spacial score (nSPS) is 11.1. The Hall–Kier alpha value is -3.63. The Balaban J connectivity index is 1.74. The first-order chi connectivity index (χ1) is 14.7. The Kier molecular flexibility index (Phi) is 4.49. The Morgan fingerprint density at radius 2 is 1.87 bits per heavy atom. The minimum atomic E-state index is -0.159. The molecule has 1 atom stereocenters. The van der Waals surface area contributed by atoms with Crippen LogP contribution in [0.1, 0.15) is 10.4 Å². The molecule has 4 heterocycles. The van der Waals surface area contributed by atoms with Crippen LogP contribution in [0, 0.1) is 0 Å². The van der Waals surface area contributed by atoms with Crippen molar-refractivity contribution in [3.05, 3.63) is 79.0 Å². The Labute approximate surface area is 175 Å². The van der Waals surface area contributed by atoms with Crippen LogP contribution in [0.25, 0.3) is 44.2 Å². The molecule has 1 amide bonds. The Bertz CT molecular complexity index is 1410. The van der Waals surface area contributed by atoms with Crippen molar-refractivity contribution in [2.45, 2.75) is 0 Å². The fourth-order valence-electron chi connectivity index (χ4n) is 3.72. The van der Waals surface area contributed by atoms with Gasteiger partial charge in [0, 0.05) is 59.9 Å². The number of pyridine rings is 3. The molecule has 1 aromatic carbocycles. The molecule has 1 unspecified atom stereocenters. The second kappa shape index (κ2) is 7.32. The maximum Gasteiger partial charge on any atom is 0.252 e. The summed E-state index contributed by atoms with van der Waals surface area (Å²) in [6, 6.07) is 14.1. The number of benzene rings is 1. The van der Waals surface area contributed by atoms with E-state index in [0.29, 0.717) is 5.56 Å². The first kappa shape index (κ1) is 18.4. The van der Waals surface area contributed by atoms with Gasteiger partial charge in [0.1, 0.15) is 5.65 Å². The molecule has 5 aromatic rings. The molecule has 0 aliphatic carbocycles. The molecule has 5 rings (SSSR count). The fraction of sp³-hybridized carbons (Fsp3) is 0.0435. The average Bonchev–Trinajstić information content (AvgIpc) is 3.14. The summed E-state index contributed by atoms with van der Waals surface area (Å²) < 4.78 is 1.90. The van der Waals surface area contributed by atoms with Crippen molar-refractivity contribution >= 4 is 37.2 Å². The maximum atomic E-state index is 12.1. The lowest BCUT2D eigenvalue weighted by atomic mass is 9.98. The Morgan fingerprint density at radius 3 is 2.67 bits per heavy atom. The van der Waals surface area contributed by atoms with Crippen LogP contribution in [-0.4, -0.2) is 32.2 Å². The van der Waals surface area contributed by atoms with Gasteiger partial charge < -0.3 is 9.65 Å². The fourth-order valence-corrected chi connectivity index (χ4v) is 4.07. The van der Waals surface area contributed by atoms with Crippen molar-refractivity contribution in [1.82, 2.24) is 24.6 Å². The van der Waals surface area contributed by atoms with Crippen LogP contribution in [0.2, 0.25) is 0 Å². The predicted molar refractivity (Wildman–Crippen MR) is 122 cm³/mol. The van der Waals surface area contributed by atoms with Gasteiger partial charge in [-0.05, 0) is 50.8 Å². The lowest BCUT2D eigenvalue weighted by Crippen LogP contribution is -2.17. The zero-order valence-corrected chi connectivity index (χ0v) is 17.4. The molecule has 0 saturated heterocycles. The maximum absolute atomic E-state index is 12.1. The number of carbonyl (C=O) groups is 1.